The fourth-order valence-electron chi connectivity index (χ4n) is 2.44. The molecule has 0 aromatic heterocycles. The molecule has 2 rings (SSSR count). The maximum atomic E-state index is 12.6. The van der Waals surface area contributed by atoms with Gasteiger partial charge in [0.25, 0.3) is 5.91 Å². The zero-order chi connectivity index (χ0) is 20.8. The van der Waals surface area contributed by atoms with Gasteiger partial charge in [-0.1, -0.05) is 11.6 Å². The molecule has 7 nitrogen and oxygen atoms in total. The van der Waals surface area contributed by atoms with Crippen LogP contribution >= 0.6 is 11.6 Å². The molecule has 0 spiro atoms. The van der Waals surface area contributed by atoms with Crippen molar-refractivity contribution < 1.29 is 28.5 Å². The highest BCUT2D eigenvalue weighted by molar-refractivity contribution is 6.31. The SMILES string of the molecule is COC(=O)c1cc(OC)c(OC)cc1NC(=O)[C@@H](C)Oc1ccc(Cl)c(C)c1. The van der Waals surface area contributed by atoms with Crippen molar-refractivity contribution >= 4 is 29.2 Å². The number of hydrogen-bond donors (Lipinski definition) is 1. The van der Waals surface area contributed by atoms with Crippen molar-refractivity contribution in [2.75, 3.05) is 26.6 Å². The van der Waals surface area contributed by atoms with Crippen LogP contribution in [0.2, 0.25) is 5.02 Å². The highest BCUT2D eigenvalue weighted by Crippen LogP contribution is 2.34. The van der Waals surface area contributed by atoms with Crippen molar-refractivity contribution in [2.45, 2.75) is 20.0 Å². The van der Waals surface area contributed by atoms with Gasteiger partial charge in [0.05, 0.1) is 32.6 Å². The molecule has 0 bridgehead atoms. The summed E-state index contributed by atoms with van der Waals surface area (Å²) >= 11 is 6.00. The maximum absolute atomic E-state index is 12.6. The third-order valence-electron chi connectivity index (χ3n) is 4.00. The molecule has 0 radical (unpaired) electrons. The van der Waals surface area contributed by atoms with E-state index in [9.17, 15) is 9.59 Å². The predicted molar refractivity (Wildman–Crippen MR) is 106 cm³/mol. The monoisotopic (exact) mass is 407 g/mol. The summed E-state index contributed by atoms with van der Waals surface area (Å²) in [7, 11) is 4.15. The molecule has 28 heavy (non-hydrogen) atoms. The van der Waals surface area contributed by atoms with Gasteiger partial charge in [0.15, 0.2) is 17.6 Å². The Kier molecular flexibility index (Phi) is 7.12. The average Bonchev–Trinajstić information content (AvgIpc) is 2.69. The van der Waals surface area contributed by atoms with Gasteiger partial charge in [-0.05, 0) is 37.6 Å². The Morgan fingerprint density at radius 3 is 2.25 bits per heavy atom. The lowest BCUT2D eigenvalue weighted by atomic mass is 10.1. The van der Waals surface area contributed by atoms with Crippen molar-refractivity contribution in [3.8, 4) is 17.2 Å². The molecule has 1 N–H and O–H groups in total. The summed E-state index contributed by atoms with van der Waals surface area (Å²) in [5, 5.41) is 3.28. The number of carbonyl (C=O) groups excluding carboxylic acids is 2. The van der Waals surface area contributed by atoms with Crippen molar-refractivity contribution in [1.29, 1.82) is 0 Å². The molecule has 0 unspecified atom stereocenters. The Morgan fingerprint density at radius 2 is 1.68 bits per heavy atom. The van der Waals surface area contributed by atoms with Crippen molar-refractivity contribution in [2.24, 2.45) is 0 Å². The number of amides is 1. The molecule has 8 heteroatoms. The summed E-state index contributed by atoms with van der Waals surface area (Å²) < 4.78 is 20.9. The van der Waals surface area contributed by atoms with Crippen molar-refractivity contribution in [1.82, 2.24) is 0 Å². The summed E-state index contributed by atoms with van der Waals surface area (Å²) in [6.45, 7) is 3.43. The molecule has 2 aromatic rings. The predicted octanol–water partition coefficient (Wildman–Crippen LogP) is 3.86. The minimum absolute atomic E-state index is 0.128. The summed E-state index contributed by atoms with van der Waals surface area (Å²) in [5.41, 5.74) is 1.18. The highest BCUT2D eigenvalue weighted by Gasteiger charge is 2.22. The van der Waals surface area contributed by atoms with Crippen molar-refractivity contribution in [3.63, 3.8) is 0 Å². The van der Waals surface area contributed by atoms with Crippen LogP contribution in [-0.2, 0) is 9.53 Å². The average molecular weight is 408 g/mol. The molecular weight excluding hydrogens is 386 g/mol. The fraction of sp³-hybridized carbons (Fsp3) is 0.300. The van der Waals surface area contributed by atoms with Gasteiger partial charge in [0, 0.05) is 17.2 Å². The quantitative estimate of drug-likeness (QED) is 0.702. The lowest BCUT2D eigenvalue weighted by molar-refractivity contribution is -0.122. The van der Waals surface area contributed by atoms with Crippen LogP contribution in [0.5, 0.6) is 17.2 Å². The molecule has 2 aromatic carbocycles. The van der Waals surface area contributed by atoms with Gasteiger partial charge in [0.2, 0.25) is 0 Å². The van der Waals surface area contributed by atoms with Gasteiger partial charge < -0.3 is 24.3 Å². The van der Waals surface area contributed by atoms with Crippen LogP contribution in [0, 0.1) is 6.92 Å². The van der Waals surface area contributed by atoms with Gasteiger partial charge in [-0.3, -0.25) is 4.79 Å². The third-order valence-corrected chi connectivity index (χ3v) is 4.42. The van der Waals surface area contributed by atoms with E-state index < -0.39 is 18.0 Å². The number of rotatable bonds is 7. The smallest absolute Gasteiger partial charge is 0.340 e. The van der Waals surface area contributed by atoms with Crippen LogP contribution in [-0.4, -0.2) is 39.3 Å². The van der Waals surface area contributed by atoms with Crippen LogP contribution in [0.3, 0.4) is 0 Å². The van der Waals surface area contributed by atoms with Gasteiger partial charge in [-0.15, -0.1) is 0 Å². The van der Waals surface area contributed by atoms with E-state index in [0.717, 1.165) is 5.56 Å². The van der Waals surface area contributed by atoms with E-state index in [1.165, 1.54) is 33.5 Å². The standard InChI is InChI=1S/C20H22ClNO6/c1-11-8-13(6-7-15(11)21)28-12(2)19(23)22-16-10-18(26-4)17(25-3)9-14(16)20(24)27-5/h6-10,12H,1-5H3,(H,22,23)/t12-/m1/s1. The molecule has 150 valence electrons. The maximum Gasteiger partial charge on any atom is 0.340 e. The summed E-state index contributed by atoms with van der Waals surface area (Å²) in [6, 6.07) is 8.04. The Morgan fingerprint density at radius 1 is 1.04 bits per heavy atom. The molecule has 0 saturated heterocycles. The second-order valence-electron chi connectivity index (χ2n) is 5.90. The molecule has 0 aliphatic carbocycles. The first-order valence-corrected chi connectivity index (χ1v) is 8.76. The minimum Gasteiger partial charge on any atom is -0.493 e. The normalized spacial score (nSPS) is 11.4. The fourth-order valence-corrected chi connectivity index (χ4v) is 2.56. The first-order valence-electron chi connectivity index (χ1n) is 8.38. The Bertz CT molecular complexity index is 883. The summed E-state index contributed by atoms with van der Waals surface area (Å²) in [6.07, 6.45) is -0.834. The van der Waals surface area contributed by atoms with Crippen LogP contribution in [0.4, 0.5) is 5.69 Å². The zero-order valence-corrected chi connectivity index (χ0v) is 17.0. The number of benzene rings is 2. The van der Waals surface area contributed by atoms with Crippen LogP contribution in [0.25, 0.3) is 0 Å². The third kappa shape index (κ3) is 4.86. The number of nitrogens with one attached hydrogen (secondary N) is 1. The number of ether oxygens (including phenoxy) is 4. The first kappa shape index (κ1) is 21.4. The molecule has 1 amide bonds. The molecule has 0 aliphatic rings. The molecule has 1 atom stereocenters. The lowest BCUT2D eigenvalue weighted by Gasteiger charge is -2.18. The van der Waals surface area contributed by atoms with Crippen LogP contribution in [0.15, 0.2) is 30.3 Å². The van der Waals surface area contributed by atoms with E-state index in [1.807, 2.05) is 6.92 Å². The zero-order valence-electron chi connectivity index (χ0n) is 16.3. The molecular formula is C20H22ClNO6. The summed E-state index contributed by atoms with van der Waals surface area (Å²) in [5.74, 6) is 0.113. The van der Waals surface area contributed by atoms with E-state index in [2.05, 4.69) is 5.32 Å². The van der Waals surface area contributed by atoms with Gasteiger partial charge in [-0.25, -0.2) is 4.79 Å². The highest BCUT2D eigenvalue weighted by atomic mass is 35.5. The summed E-state index contributed by atoms with van der Waals surface area (Å²) in [4.78, 5) is 24.7. The Balaban J connectivity index is 2.25. The number of anilines is 1. The van der Waals surface area contributed by atoms with Crippen LogP contribution in [0.1, 0.15) is 22.8 Å². The van der Waals surface area contributed by atoms with E-state index in [-0.39, 0.29) is 11.3 Å². The molecule has 0 heterocycles. The number of methoxy groups -OCH3 is 3. The number of carbonyl (C=O) groups is 2. The molecule has 0 saturated carbocycles. The van der Waals surface area contributed by atoms with Crippen molar-refractivity contribution in [3.05, 3.63) is 46.5 Å². The van der Waals surface area contributed by atoms with Gasteiger partial charge in [0.1, 0.15) is 5.75 Å². The minimum atomic E-state index is -0.834. The lowest BCUT2D eigenvalue weighted by Crippen LogP contribution is -2.30. The first-order chi connectivity index (χ1) is 13.3. The van der Waals surface area contributed by atoms with E-state index in [1.54, 1.807) is 25.1 Å². The van der Waals surface area contributed by atoms with E-state index >= 15 is 0 Å². The topological polar surface area (TPSA) is 83.1 Å². The second-order valence-corrected chi connectivity index (χ2v) is 6.31. The number of aryl methyl sites for hydroxylation is 1. The number of esters is 1. The second kappa shape index (κ2) is 9.32. The van der Waals surface area contributed by atoms with E-state index in [0.29, 0.717) is 22.3 Å². The van der Waals surface area contributed by atoms with E-state index in [4.69, 9.17) is 30.5 Å². The van der Waals surface area contributed by atoms with Crippen LogP contribution < -0.4 is 19.5 Å². The number of halogens is 1. The Labute approximate surface area is 168 Å². The van der Waals surface area contributed by atoms with Gasteiger partial charge in [-0.2, -0.15) is 0 Å². The molecule has 0 aliphatic heterocycles. The molecule has 0 fully saturated rings. The number of hydrogen-bond acceptors (Lipinski definition) is 6. The van der Waals surface area contributed by atoms with Gasteiger partial charge >= 0.3 is 5.97 Å². The largest absolute Gasteiger partial charge is 0.493 e. The Hall–Kier alpha value is -2.93.